The standard InChI is InChI=1S/C15H25N3/c1-3-6-14-7-4-5-10-18(14)15-9-8-13(11-17-15)12(2)16/h8-9,11-12,14H,3-7,10,16H2,1-2H3/t12-,14?/m1/s1. The molecule has 100 valence electrons. The minimum atomic E-state index is 0.0688. The van der Waals surface area contributed by atoms with E-state index in [2.05, 4.69) is 28.9 Å². The molecule has 0 amide bonds. The molecule has 2 atom stereocenters. The maximum absolute atomic E-state index is 5.86. The SMILES string of the molecule is CCCC1CCCCN1c1ccc([C@@H](C)N)cn1. The van der Waals surface area contributed by atoms with Gasteiger partial charge >= 0.3 is 0 Å². The molecule has 1 saturated heterocycles. The van der Waals surface area contributed by atoms with E-state index in [0.717, 1.165) is 17.9 Å². The molecule has 3 nitrogen and oxygen atoms in total. The molecule has 1 aromatic rings. The minimum absolute atomic E-state index is 0.0688. The Hall–Kier alpha value is -1.09. The Morgan fingerprint density at radius 1 is 1.44 bits per heavy atom. The number of nitrogens with zero attached hydrogens (tertiary/aromatic N) is 2. The van der Waals surface area contributed by atoms with Crippen LogP contribution in [0.3, 0.4) is 0 Å². The molecule has 0 spiro atoms. The second-order valence-corrected chi connectivity index (χ2v) is 5.37. The number of pyridine rings is 1. The van der Waals surface area contributed by atoms with E-state index in [1.807, 2.05) is 13.1 Å². The van der Waals surface area contributed by atoms with Gasteiger partial charge in [-0.1, -0.05) is 19.4 Å². The highest BCUT2D eigenvalue weighted by Gasteiger charge is 2.22. The van der Waals surface area contributed by atoms with Gasteiger partial charge in [0.15, 0.2) is 0 Å². The average molecular weight is 247 g/mol. The van der Waals surface area contributed by atoms with Gasteiger partial charge in [0.1, 0.15) is 5.82 Å². The van der Waals surface area contributed by atoms with Crippen LogP contribution in [0.25, 0.3) is 0 Å². The topological polar surface area (TPSA) is 42.1 Å². The lowest BCUT2D eigenvalue weighted by Gasteiger charge is -2.36. The molecule has 2 N–H and O–H groups in total. The Bertz CT molecular complexity index is 357. The minimum Gasteiger partial charge on any atom is -0.354 e. The number of nitrogens with two attached hydrogens (primary N) is 1. The van der Waals surface area contributed by atoms with E-state index in [9.17, 15) is 0 Å². The van der Waals surface area contributed by atoms with Crippen molar-refractivity contribution >= 4 is 5.82 Å². The van der Waals surface area contributed by atoms with E-state index < -0.39 is 0 Å². The Balaban J connectivity index is 2.12. The van der Waals surface area contributed by atoms with Crippen LogP contribution in [0.5, 0.6) is 0 Å². The van der Waals surface area contributed by atoms with E-state index in [1.54, 1.807) is 0 Å². The van der Waals surface area contributed by atoms with Gasteiger partial charge in [-0.15, -0.1) is 0 Å². The number of rotatable bonds is 4. The van der Waals surface area contributed by atoms with Gasteiger partial charge in [0, 0.05) is 24.8 Å². The highest BCUT2D eigenvalue weighted by Crippen LogP contribution is 2.26. The van der Waals surface area contributed by atoms with Crippen molar-refractivity contribution < 1.29 is 0 Å². The molecule has 1 aliphatic rings. The van der Waals surface area contributed by atoms with Crippen LogP contribution >= 0.6 is 0 Å². The monoisotopic (exact) mass is 247 g/mol. The van der Waals surface area contributed by atoms with Crippen LogP contribution in [0.1, 0.15) is 57.6 Å². The van der Waals surface area contributed by atoms with E-state index >= 15 is 0 Å². The smallest absolute Gasteiger partial charge is 0.128 e. The van der Waals surface area contributed by atoms with Crippen molar-refractivity contribution in [3.63, 3.8) is 0 Å². The van der Waals surface area contributed by atoms with Crippen molar-refractivity contribution in [2.24, 2.45) is 5.73 Å². The number of hydrogen-bond acceptors (Lipinski definition) is 3. The lowest BCUT2D eigenvalue weighted by Crippen LogP contribution is -2.40. The summed E-state index contributed by atoms with van der Waals surface area (Å²) in [6.07, 6.45) is 8.41. The molecule has 2 heterocycles. The Morgan fingerprint density at radius 3 is 2.89 bits per heavy atom. The van der Waals surface area contributed by atoms with Crippen LogP contribution in [0.2, 0.25) is 0 Å². The molecular weight excluding hydrogens is 222 g/mol. The van der Waals surface area contributed by atoms with Crippen molar-refractivity contribution in [2.75, 3.05) is 11.4 Å². The van der Waals surface area contributed by atoms with Crippen LogP contribution in [-0.2, 0) is 0 Å². The van der Waals surface area contributed by atoms with Gasteiger partial charge in [0.05, 0.1) is 0 Å². The molecule has 1 unspecified atom stereocenters. The van der Waals surface area contributed by atoms with Crippen molar-refractivity contribution in [1.29, 1.82) is 0 Å². The molecule has 0 aromatic carbocycles. The molecule has 18 heavy (non-hydrogen) atoms. The molecule has 2 rings (SSSR count). The van der Waals surface area contributed by atoms with Gasteiger partial charge in [0.25, 0.3) is 0 Å². The molecular formula is C15H25N3. The first-order valence-electron chi connectivity index (χ1n) is 7.20. The Morgan fingerprint density at radius 2 is 2.28 bits per heavy atom. The fourth-order valence-corrected chi connectivity index (χ4v) is 2.77. The van der Waals surface area contributed by atoms with Gasteiger partial charge < -0.3 is 10.6 Å². The van der Waals surface area contributed by atoms with Gasteiger partial charge in [-0.3, -0.25) is 0 Å². The van der Waals surface area contributed by atoms with Gasteiger partial charge in [-0.25, -0.2) is 4.98 Å². The number of aromatic nitrogens is 1. The molecule has 0 radical (unpaired) electrons. The van der Waals surface area contributed by atoms with Crippen molar-refractivity contribution in [3.8, 4) is 0 Å². The van der Waals surface area contributed by atoms with E-state index in [1.165, 1.54) is 32.1 Å². The zero-order valence-corrected chi connectivity index (χ0v) is 11.6. The summed E-state index contributed by atoms with van der Waals surface area (Å²) in [6, 6.07) is 4.99. The highest BCUT2D eigenvalue weighted by atomic mass is 15.2. The summed E-state index contributed by atoms with van der Waals surface area (Å²) in [5.74, 6) is 1.12. The summed E-state index contributed by atoms with van der Waals surface area (Å²) < 4.78 is 0. The summed E-state index contributed by atoms with van der Waals surface area (Å²) >= 11 is 0. The summed E-state index contributed by atoms with van der Waals surface area (Å²) in [5, 5.41) is 0. The van der Waals surface area contributed by atoms with Crippen LogP contribution in [0.15, 0.2) is 18.3 Å². The number of anilines is 1. The maximum Gasteiger partial charge on any atom is 0.128 e. The fraction of sp³-hybridized carbons (Fsp3) is 0.667. The zero-order valence-electron chi connectivity index (χ0n) is 11.6. The lowest BCUT2D eigenvalue weighted by atomic mass is 9.98. The normalized spacial score (nSPS) is 21.9. The molecule has 1 aromatic heterocycles. The van der Waals surface area contributed by atoms with E-state index in [4.69, 9.17) is 5.73 Å². The molecule has 1 aliphatic heterocycles. The Kier molecular flexibility index (Phi) is 4.59. The third-order valence-corrected chi connectivity index (χ3v) is 3.84. The molecule has 0 aliphatic carbocycles. The zero-order chi connectivity index (χ0) is 13.0. The largest absolute Gasteiger partial charge is 0.354 e. The summed E-state index contributed by atoms with van der Waals surface area (Å²) in [4.78, 5) is 7.09. The molecule has 3 heteroatoms. The maximum atomic E-state index is 5.86. The third-order valence-electron chi connectivity index (χ3n) is 3.84. The molecule has 0 saturated carbocycles. The van der Waals surface area contributed by atoms with E-state index in [0.29, 0.717) is 6.04 Å². The molecule has 1 fully saturated rings. The van der Waals surface area contributed by atoms with Gasteiger partial charge in [-0.2, -0.15) is 0 Å². The average Bonchev–Trinajstić information content (AvgIpc) is 2.40. The van der Waals surface area contributed by atoms with Crippen molar-refractivity contribution in [1.82, 2.24) is 4.98 Å². The highest BCUT2D eigenvalue weighted by molar-refractivity contribution is 5.41. The molecule has 0 bridgehead atoms. The summed E-state index contributed by atoms with van der Waals surface area (Å²) in [6.45, 7) is 5.41. The first-order valence-corrected chi connectivity index (χ1v) is 7.20. The number of hydrogen-bond donors (Lipinski definition) is 1. The third kappa shape index (κ3) is 3.02. The van der Waals surface area contributed by atoms with Crippen molar-refractivity contribution in [3.05, 3.63) is 23.9 Å². The van der Waals surface area contributed by atoms with Crippen LogP contribution < -0.4 is 10.6 Å². The lowest BCUT2D eigenvalue weighted by molar-refractivity contribution is 0.432. The quantitative estimate of drug-likeness (QED) is 0.888. The Labute approximate surface area is 110 Å². The van der Waals surface area contributed by atoms with Crippen LogP contribution in [-0.4, -0.2) is 17.6 Å². The fourth-order valence-electron chi connectivity index (χ4n) is 2.77. The predicted octanol–water partition coefficient (Wildman–Crippen LogP) is 3.26. The summed E-state index contributed by atoms with van der Waals surface area (Å²) in [7, 11) is 0. The van der Waals surface area contributed by atoms with Gasteiger partial charge in [0.2, 0.25) is 0 Å². The van der Waals surface area contributed by atoms with E-state index in [-0.39, 0.29) is 6.04 Å². The predicted molar refractivity (Wildman–Crippen MR) is 76.7 cm³/mol. The van der Waals surface area contributed by atoms with Crippen molar-refractivity contribution in [2.45, 2.75) is 58.0 Å². The number of piperidine rings is 1. The first-order chi connectivity index (χ1) is 8.72. The van der Waals surface area contributed by atoms with Crippen LogP contribution in [0.4, 0.5) is 5.82 Å². The summed E-state index contributed by atoms with van der Waals surface area (Å²) in [5.41, 5.74) is 6.98. The van der Waals surface area contributed by atoms with Gasteiger partial charge in [-0.05, 0) is 44.2 Å². The first kappa shape index (κ1) is 13.3. The second-order valence-electron chi connectivity index (χ2n) is 5.37. The second kappa shape index (κ2) is 6.19. The van der Waals surface area contributed by atoms with Crippen LogP contribution in [0, 0.1) is 0 Å².